The van der Waals surface area contributed by atoms with Gasteiger partial charge in [-0.05, 0) is 38.6 Å². The highest BCUT2D eigenvalue weighted by atomic mass is 16.5. The second-order valence-corrected chi connectivity index (χ2v) is 6.58. The van der Waals surface area contributed by atoms with Gasteiger partial charge in [0, 0.05) is 32.1 Å². The van der Waals surface area contributed by atoms with E-state index in [9.17, 15) is 4.79 Å². The molecule has 3 rings (SSSR count). The molecule has 0 aromatic carbocycles. The SMILES string of the molecule is CN1CCO[C@H](CN(CC2CC2)C(=O)C2CC=CC2)C1. The van der Waals surface area contributed by atoms with Crippen LogP contribution in [-0.4, -0.2) is 61.6 Å². The number of carbonyl (C=O) groups excluding carboxylic acids is 1. The number of likely N-dealkylation sites (N-methyl/N-ethyl adjacent to an activating group) is 1. The second-order valence-electron chi connectivity index (χ2n) is 6.58. The van der Waals surface area contributed by atoms with Gasteiger partial charge in [-0.2, -0.15) is 0 Å². The molecule has 0 bridgehead atoms. The summed E-state index contributed by atoms with van der Waals surface area (Å²) in [5.41, 5.74) is 0. The van der Waals surface area contributed by atoms with Crippen LogP contribution in [-0.2, 0) is 9.53 Å². The maximum atomic E-state index is 12.7. The van der Waals surface area contributed by atoms with Crippen molar-refractivity contribution >= 4 is 5.91 Å². The molecule has 0 unspecified atom stereocenters. The summed E-state index contributed by atoms with van der Waals surface area (Å²) in [5, 5.41) is 0. The molecule has 4 heteroatoms. The van der Waals surface area contributed by atoms with E-state index in [-0.39, 0.29) is 12.0 Å². The van der Waals surface area contributed by atoms with Gasteiger partial charge in [0.15, 0.2) is 0 Å². The first-order valence-electron chi connectivity index (χ1n) is 7.96. The Hall–Kier alpha value is -0.870. The molecule has 2 fully saturated rings. The second kappa shape index (κ2) is 6.27. The zero-order valence-electron chi connectivity index (χ0n) is 12.5. The van der Waals surface area contributed by atoms with Crippen LogP contribution < -0.4 is 0 Å². The molecule has 2 aliphatic carbocycles. The van der Waals surface area contributed by atoms with Crippen LogP contribution >= 0.6 is 0 Å². The molecule has 1 saturated carbocycles. The van der Waals surface area contributed by atoms with E-state index in [1.54, 1.807) is 0 Å². The molecule has 20 heavy (non-hydrogen) atoms. The van der Waals surface area contributed by atoms with E-state index < -0.39 is 0 Å². The highest BCUT2D eigenvalue weighted by Crippen LogP contribution is 2.31. The summed E-state index contributed by atoms with van der Waals surface area (Å²) in [7, 11) is 2.13. The first-order chi connectivity index (χ1) is 9.72. The van der Waals surface area contributed by atoms with E-state index in [4.69, 9.17) is 4.74 Å². The average Bonchev–Trinajstić information content (AvgIpc) is 3.08. The lowest BCUT2D eigenvalue weighted by Crippen LogP contribution is -2.49. The highest BCUT2D eigenvalue weighted by Gasteiger charge is 2.32. The van der Waals surface area contributed by atoms with E-state index in [0.29, 0.717) is 5.91 Å². The van der Waals surface area contributed by atoms with Crippen LogP contribution in [0, 0.1) is 11.8 Å². The third kappa shape index (κ3) is 3.61. The first-order valence-corrected chi connectivity index (χ1v) is 7.96. The minimum atomic E-state index is 0.186. The van der Waals surface area contributed by atoms with Crippen LogP contribution in [0.4, 0.5) is 0 Å². The van der Waals surface area contributed by atoms with Crippen molar-refractivity contribution in [2.24, 2.45) is 11.8 Å². The Bertz CT molecular complexity index is 371. The van der Waals surface area contributed by atoms with Crippen molar-refractivity contribution in [3.63, 3.8) is 0 Å². The van der Waals surface area contributed by atoms with Crippen molar-refractivity contribution in [3.8, 4) is 0 Å². The molecular formula is C16H26N2O2. The molecule has 0 aromatic rings. The zero-order valence-corrected chi connectivity index (χ0v) is 12.5. The van der Waals surface area contributed by atoms with E-state index in [2.05, 4.69) is 29.0 Å². The minimum absolute atomic E-state index is 0.186. The molecule has 0 aromatic heterocycles. The molecule has 1 saturated heterocycles. The number of nitrogens with zero attached hydrogens (tertiary/aromatic N) is 2. The smallest absolute Gasteiger partial charge is 0.226 e. The van der Waals surface area contributed by atoms with Crippen molar-refractivity contribution < 1.29 is 9.53 Å². The maximum absolute atomic E-state index is 12.7. The van der Waals surface area contributed by atoms with Gasteiger partial charge >= 0.3 is 0 Å². The van der Waals surface area contributed by atoms with Crippen LogP contribution in [0.5, 0.6) is 0 Å². The molecule has 1 atom stereocenters. The van der Waals surface area contributed by atoms with Crippen LogP contribution in [0.1, 0.15) is 25.7 Å². The van der Waals surface area contributed by atoms with Crippen molar-refractivity contribution in [3.05, 3.63) is 12.2 Å². The first kappa shape index (κ1) is 14.1. The monoisotopic (exact) mass is 278 g/mol. The van der Waals surface area contributed by atoms with Crippen molar-refractivity contribution in [1.82, 2.24) is 9.80 Å². The summed E-state index contributed by atoms with van der Waals surface area (Å²) in [5.74, 6) is 1.28. The van der Waals surface area contributed by atoms with Gasteiger partial charge in [-0.1, -0.05) is 12.2 Å². The Morgan fingerprint density at radius 2 is 2.05 bits per heavy atom. The van der Waals surface area contributed by atoms with Crippen molar-refractivity contribution in [2.45, 2.75) is 31.8 Å². The van der Waals surface area contributed by atoms with Gasteiger partial charge in [0.2, 0.25) is 5.91 Å². The third-order valence-electron chi connectivity index (χ3n) is 4.61. The number of carbonyl (C=O) groups is 1. The molecule has 3 aliphatic rings. The molecular weight excluding hydrogens is 252 g/mol. The molecule has 0 N–H and O–H groups in total. The Kier molecular flexibility index (Phi) is 4.41. The topological polar surface area (TPSA) is 32.8 Å². The lowest BCUT2D eigenvalue weighted by atomic mass is 10.0. The molecule has 4 nitrogen and oxygen atoms in total. The predicted octanol–water partition coefficient (Wildman–Crippen LogP) is 1.52. The summed E-state index contributed by atoms with van der Waals surface area (Å²) >= 11 is 0. The quantitative estimate of drug-likeness (QED) is 0.715. The molecule has 1 amide bonds. The highest BCUT2D eigenvalue weighted by molar-refractivity contribution is 5.79. The minimum Gasteiger partial charge on any atom is -0.374 e. The number of ether oxygens (including phenoxy) is 1. The number of hydrogen-bond donors (Lipinski definition) is 0. The zero-order chi connectivity index (χ0) is 13.9. The van der Waals surface area contributed by atoms with Crippen molar-refractivity contribution in [1.29, 1.82) is 0 Å². The molecule has 1 aliphatic heterocycles. The normalized spacial score (nSPS) is 27.9. The number of morpholine rings is 1. The summed E-state index contributed by atoms with van der Waals surface area (Å²) in [6.45, 7) is 4.45. The number of hydrogen-bond acceptors (Lipinski definition) is 3. The fourth-order valence-electron chi connectivity index (χ4n) is 3.17. The van der Waals surface area contributed by atoms with Gasteiger partial charge in [0.25, 0.3) is 0 Å². The van der Waals surface area contributed by atoms with E-state index in [1.807, 2.05) is 0 Å². The standard InChI is InChI=1S/C16H26N2O2/c1-17-8-9-20-15(11-17)12-18(10-13-6-7-13)16(19)14-4-2-3-5-14/h2-3,13-15H,4-12H2,1H3/t15-/m0/s1. The fraction of sp³-hybridized carbons (Fsp3) is 0.812. The fourth-order valence-corrected chi connectivity index (χ4v) is 3.17. The third-order valence-corrected chi connectivity index (χ3v) is 4.61. The average molecular weight is 278 g/mol. The van der Waals surface area contributed by atoms with E-state index in [0.717, 1.165) is 51.5 Å². The Morgan fingerprint density at radius 3 is 2.70 bits per heavy atom. The van der Waals surface area contributed by atoms with E-state index >= 15 is 0 Å². The van der Waals surface area contributed by atoms with Crippen molar-refractivity contribution in [2.75, 3.05) is 39.8 Å². The van der Waals surface area contributed by atoms with Gasteiger partial charge in [-0.25, -0.2) is 0 Å². The van der Waals surface area contributed by atoms with Crippen LogP contribution in [0.2, 0.25) is 0 Å². The maximum Gasteiger partial charge on any atom is 0.226 e. The van der Waals surface area contributed by atoms with Gasteiger partial charge in [-0.15, -0.1) is 0 Å². The molecule has 112 valence electrons. The van der Waals surface area contributed by atoms with Crippen LogP contribution in [0.15, 0.2) is 12.2 Å². The molecule has 0 spiro atoms. The Labute approximate surface area is 121 Å². The summed E-state index contributed by atoms with van der Waals surface area (Å²) in [4.78, 5) is 17.1. The lowest BCUT2D eigenvalue weighted by molar-refractivity contribution is -0.138. The van der Waals surface area contributed by atoms with Gasteiger partial charge in [0.1, 0.15) is 0 Å². The van der Waals surface area contributed by atoms with Gasteiger partial charge in [-0.3, -0.25) is 4.79 Å². The number of amides is 1. The predicted molar refractivity (Wildman–Crippen MR) is 78.4 cm³/mol. The summed E-state index contributed by atoms with van der Waals surface area (Å²) in [6, 6.07) is 0. The van der Waals surface area contributed by atoms with Gasteiger partial charge < -0.3 is 14.5 Å². The van der Waals surface area contributed by atoms with Crippen LogP contribution in [0.25, 0.3) is 0 Å². The molecule has 1 heterocycles. The van der Waals surface area contributed by atoms with Crippen LogP contribution in [0.3, 0.4) is 0 Å². The summed E-state index contributed by atoms with van der Waals surface area (Å²) in [6.07, 6.45) is 8.89. The van der Waals surface area contributed by atoms with Gasteiger partial charge in [0.05, 0.1) is 12.7 Å². The van der Waals surface area contributed by atoms with E-state index in [1.165, 1.54) is 12.8 Å². The lowest BCUT2D eigenvalue weighted by Gasteiger charge is -2.35. The summed E-state index contributed by atoms with van der Waals surface area (Å²) < 4.78 is 5.84. The molecule has 0 radical (unpaired) electrons. The number of allylic oxidation sites excluding steroid dienone is 2. The largest absolute Gasteiger partial charge is 0.374 e. The number of rotatable bonds is 5. The Morgan fingerprint density at radius 1 is 1.30 bits per heavy atom. The Balaban J connectivity index is 1.58.